The molecule has 0 aromatic rings. The molecule has 0 amide bonds. The Morgan fingerprint density at radius 1 is 1.00 bits per heavy atom. The standard InChI is InChI=1S/CH4O.BF4.Li/c1-2;2-1(3,4)5;/h2H,1H3;;/q;-1;+1. The van der Waals surface area contributed by atoms with E-state index in [2.05, 4.69) is 0 Å². The number of halogens is 4. The molecule has 0 aliphatic rings. The van der Waals surface area contributed by atoms with Gasteiger partial charge in [-0.15, -0.1) is 0 Å². The van der Waals surface area contributed by atoms with Gasteiger partial charge in [0.15, 0.2) is 0 Å². The first-order valence-electron chi connectivity index (χ1n) is 1.32. The second kappa shape index (κ2) is 7.34. The van der Waals surface area contributed by atoms with Gasteiger partial charge in [0, 0.05) is 7.11 Å². The number of hydrogen-bond acceptors (Lipinski definition) is 1. The van der Waals surface area contributed by atoms with Crippen LogP contribution in [0, 0.1) is 0 Å². The first-order valence-corrected chi connectivity index (χ1v) is 1.32. The molecule has 8 heavy (non-hydrogen) atoms. The van der Waals surface area contributed by atoms with E-state index in [0.29, 0.717) is 0 Å². The van der Waals surface area contributed by atoms with Crippen LogP contribution in [0.1, 0.15) is 0 Å². The number of hydrogen-bond donors (Lipinski definition) is 1. The van der Waals surface area contributed by atoms with E-state index in [1.165, 1.54) is 0 Å². The number of aliphatic hydroxyl groups excluding tert-OH is 1. The first kappa shape index (κ1) is 15.8. The van der Waals surface area contributed by atoms with E-state index in [1.54, 1.807) is 0 Å². The third-order valence-electron chi connectivity index (χ3n) is 0. The molecule has 0 spiro atoms. The van der Waals surface area contributed by atoms with Crippen LogP contribution >= 0.6 is 0 Å². The summed E-state index contributed by atoms with van der Waals surface area (Å²) in [6, 6.07) is 0. The molecule has 0 saturated heterocycles. The van der Waals surface area contributed by atoms with Crippen molar-refractivity contribution < 1.29 is 41.2 Å². The van der Waals surface area contributed by atoms with E-state index in [0.717, 1.165) is 7.11 Å². The van der Waals surface area contributed by atoms with Crippen molar-refractivity contribution in [1.82, 2.24) is 0 Å². The molecule has 0 radical (unpaired) electrons. The van der Waals surface area contributed by atoms with E-state index >= 15 is 0 Å². The summed E-state index contributed by atoms with van der Waals surface area (Å²) < 4.78 is 39.0. The normalized spacial score (nSPS) is 8.25. The van der Waals surface area contributed by atoms with Gasteiger partial charge >= 0.3 is 26.1 Å². The quantitative estimate of drug-likeness (QED) is 0.291. The SMILES string of the molecule is CO.F[B-](F)(F)F.[Li+]. The Kier molecular flexibility index (Phi) is 14.5. The van der Waals surface area contributed by atoms with Crippen molar-refractivity contribution in [1.29, 1.82) is 0 Å². The van der Waals surface area contributed by atoms with Crippen molar-refractivity contribution in [2.24, 2.45) is 0 Å². The number of aliphatic hydroxyl groups is 1. The molecule has 1 N–H and O–H groups in total. The van der Waals surface area contributed by atoms with E-state index in [1.807, 2.05) is 0 Å². The average Bonchev–Trinajstić information content (AvgIpc) is 1.36. The van der Waals surface area contributed by atoms with Gasteiger partial charge < -0.3 is 22.4 Å². The Balaban J connectivity index is -0.0000000750. The van der Waals surface area contributed by atoms with Crippen molar-refractivity contribution >= 4 is 7.25 Å². The third-order valence-corrected chi connectivity index (χ3v) is 0. The predicted molar refractivity (Wildman–Crippen MR) is 18.3 cm³/mol. The van der Waals surface area contributed by atoms with Gasteiger partial charge in [0.05, 0.1) is 0 Å². The van der Waals surface area contributed by atoms with Crippen LogP contribution in [0.4, 0.5) is 17.3 Å². The van der Waals surface area contributed by atoms with Crippen LogP contribution in [0.5, 0.6) is 0 Å². The van der Waals surface area contributed by atoms with Crippen molar-refractivity contribution in [3.8, 4) is 0 Å². The van der Waals surface area contributed by atoms with Crippen LogP contribution < -0.4 is 18.9 Å². The Morgan fingerprint density at radius 2 is 1.00 bits per heavy atom. The molecule has 0 heterocycles. The molecule has 1 nitrogen and oxygen atoms in total. The zero-order chi connectivity index (χ0) is 6.50. The maximum atomic E-state index is 9.75. The summed E-state index contributed by atoms with van der Waals surface area (Å²) in [7, 11) is -5.00. The molecule has 0 unspecified atom stereocenters. The Labute approximate surface area is 56.4 Å². The van der Waals surface area contributed by atoms with E-state index < -0.39 is 7.25 Å². The summed E-state index contributed by atoms with van der Waals surface area (Å²) in [6.45, 7) is 0. The maximum Gasteiger partial charge on any atom is 1.00 e. The fraction of sp³-hybridized carbons (Fsp3) is 1.00. The largest absolute Gasteiger partial charge is 1.00 e. The van der Waals surface area contributed by atoms with Gasteiger partial charge in [0.25, 0.3) is 0 Å². The van der Waals surface area contributed by atoms with Gasteiger partial charge in [0.2, 0.25) is 0 Å². The van der Waals surface area contributed by atoms with Gasteiger partial charge in [0.1, 0.15) is 0 Å². The topological polar surface area (TPSA) is 20.2 Å². The zero-order valence-corrected chi connectivity index (χ0v) is 4.54. The minimum Gasteiger partial charge on any atom is -0.418 e. The van der Waals surface area contributed by atoms with Gasteiger partial charge in [-0.1, -0.05) is 0 Å². The molecule has 0 saturated carbocycles. The van der Waals surface area contributed by atoms with E-state index in [9.17, 15) is 17.3 Å². The van der Waals surface area contributed by atoms with E-state index in [-0.39, 0.29) is 18.9 Å². The summed E-state index contributed by atoms with van der Waals surface area (Å²) >= 11 is 0. The fourth-order valence-electron chi connectivity index (χ4n) is 0. The van der Waals surface area contributed by atoms with Crippen molar-refractivity contribution in [3.05, 3.63) is 0 Å². The fourth-order valence-corrected chi connectivity index (χ4v) is 0. The Morgan fingerprint density at radius 3 is 1.00 bits per heavy atom. The van der Waals surface area contributed by atoms with Gasteiger partial charge in [-0.05, 0) is 0 Å². The maximum absolute atomic E-state index is 9.75. The Bertz CT molecular complexity index is 31.5. The molecule has 0 atom stereocenters. The molecular weight excluding hydrogens is 122 g/mol. The molecule has 46 valence electrons. The number of rotatable bonds is 0. The van der Waals surface area contributed by atoms with Crippen LogP contribution in [0.15, 0.2) is 0 Å². The molecule has 0 aromatic carbocycles. The smallest absolute Gasteiger partial charge is 0.418 e. The summed E-state index contributed by atoms with van der Waals surface area (Å²) in [5.41, 5.74) is 0. The van der Waals surface area contributed by atoms with Crippen molar-refractivity contribution in [3.63, 3.8) is 0 Å². The van der Waals surface area contributed by atoms with E-state index in [4.69, 9.17) is 5.11 Å². The molecule has 7 heteroatoms. The molecule has 0 rings (SSSR count). The van der Waals surface area contributed by atoms with Crippen molar-refractivity contribution in [2.75, 3.05) is 7.11 Å². The average molecular weight is 126 g/mol. The van der Waals surface area contributed by atoms with Crippen LogP contribution in [0.2, 0.25) is 0 Å². The van der Waals surface area contributed by atoms with Crippen LogP contribution in [-0.4, -0.2) is 19.5 Å². The summed E-state index contributed by atoms with van der Waals surface area (Å²) in [5.74, 6) is 0. The van der Waals surface area contributed by atoms with Crippen LogP contribution in [0.25, 0.3) is 0 Å². The van der Waals surface area contributed by atoms with Gasteiger partial charge in [-0.25, -0.2) is 0 Å². The summed E-state index contributed by atoms with van der Waals surface area (Å²) in [6.07, 6.45) is 0. The van der Waals surface area contributed by atoms with Gasteiger partial charge in [-0.2, -0.15) is 0 Å². The predicted octanol–water partition coefficient (Wildman–Crippen LogP) is -2.09. The summed E-state index contributed by atoms with van der Waals surface area (Å²) in [4.78, 5) is 0. The van der Waals surface area contributed by atoms with Gasteiger partial charge in [-0.3, -0.25) is 0 Å². The molecule has 0 aliphatic heterocycles. The summed E-state index contributed by atoms with van der Waals surface area (Å²) in [5, 5.41) is 7.00. The van der Waals surface area contributed by atoms with Crippen LogP contribution in [-0.2, 0) is 0 Å². The molecule has 0 aliphatic carbocycles. The zero-order valence-electron chi connectivity index (χ0n) is 4.54. The van der Waals surface area contributed by atoms with Crippen molar-refractivity contribution in [2.45, 2.75) is 0 Å². The molecular formula is CH4BF4LiO. The minimum atomic E-state index is -6.00. The monoisotopic (exact) mass is 126 g/mol. The molecule has 0 bridgehead atoms. The Hall–Kier alpha value is 0.342. The van der Waals surface area contributed by atoms with Crippen LogP contribution in [0.3, 0.4) is 0 Å². The molecule has 0 aromatic heterocycles. The first-order chi connectivity index (χ1) is 3.00. The molecule has 0 fully saturated rings. The third kappa shape index (κ3) is 1540. The minimum absolute atomic E-state index is 0. The second-order valence-corrected chi connectivity index (χ2v) is 0.495. The second-order valence-electron chi connectivity index (χ2n) is 0.495.